The van der Waals surface area contributed by atoms with Crippen LogP contribution in [0.1, 0.15) is 25.5 Å². The summed E-state index contributed by atoms with van der Waals surface area (Å²) in [5, 5.41) is 1.58. The van der Waals surface area contributed by atoms with Crippen LogP contribution in [-0.4, -0.2) is 15.0 Å². The molecule has 0 N–H and O–H groups in total. The minimum Gasteiger partial charge on any atom is -0.256 e. The first kappa shape index (κ1) is 14.7. The van der Waals surface area contributed by atoms with Crippen molar-refractivity contribution < 1.29 is 0 Å². The van der Waals surface area contributed by atoms with Gasteiger partial charge in [0.25, 0.3) is 0 Å². The van der Waals surface area contributed by atoms with Crippen LogP contribution in [0.4, 0.5) is 0 Å². The number of halogens is 2. The first-order valence-electron chi connectivity index (χ1n) is 6.64. The zero-order valence-electron chi connectivity index (χ0n) is 11.6. The number of hydrogen-bond donors (Lipinski definition) is 0. The van der Waals surface area contributed by atoms with Gasteiger partial charge in [-0.15, -0.1) is 0 Å². The Kier molecular flexibility index (Phi) is 4.08. The van der Waals surface area contributed by atoms with Crippen LogP contribution in [0.15, 0.2) is 36.5 Å². The molecular weight excluding hydrogens is 397 g/mol. The average Bonchev–Trinajstić information content (AvgIpc) is 2.49. The summed E-state index contributed by atoms with van der Waals surface area (Å²) in [6, 6.07) is 9.97. The molecule has 0 atom stereocenters. The molecule has 0 fully saturated rings. The van der Waals surface area contributed by atoms with Gasteiger partial charge in [0.2, 0.25) is 0 Å². The number of rotatable bonds is 2. The normalized spacial score (nSPS) is 11.3. The van der Waals surface area contributed by atoms with Crippen molar-refractivity contribution in [3.63, 3.8) is 0 Å². The molecule has 0 spiro atoms. The number of nitrogens with zero attached hydrogens (tertiary/aromatic N) is 3. The Labute approximate surface area is 141 Å². The van der Waals surface area contributed by atoms with Gasteiger partial charge in [-0.25, -0.2) is 9.97 Å². The van der Waals surface area contributed by atoms with Gasteiger partial charge in [0.15, 0.2) is 5.82 Å². The molecule has 5 heteroatoms. The Hall–Kier alpha value is -1.27. The fraction of sp³-hybridized carbons (Fsp3) is 0.188. The molecule has 1 aromatic carbocycles. The Morgan fingerprint density at radius 1 is 1.14 bits per heavy atom. The maximum atomic E-state index is 6.26. The second kappa shape index (κ2) is 5.85. The van der Waals surface area contributed by atoms with E-state index in [1.54, 1.807) is 6.20 Å². The highest BCUT2D eigenvalue weighted by atomic mass is 127. The van der Waals surface area contributed by atoms with Crippen molar-refractivity contribution in [1.82, 2.24) is 15.0 Å². The third-order valence-corrected chi connectivity index (χ3v) is 4.90. The fourth-order valence-electron chi connectivity index (χ4n) is 2.16. The van der Waals surface area contributed by atoms with Crippen LogP contribution < -0.4 is 0 Å². The summed E-state index contributed by atoms with van der Waals surface area (Å²) >= 11 is 8.46. The topological polar surface area (TPSA) is 38.7 Å². The Bertz CT molecular complexity index is 818. The van der Waals surface area contributed by atoms with Gasteiger partial charge >= 0.3 is 0 Å². The maximum Gasteiger partial charge on any atom is 0.161 e. The number of hydrogen-bond acceptors (Lipinski definition) is 3. The van der Waals surface area contributed by atoms with Crippen LogP contribution >= 0.6 is 34.2 Å². The molecule has 0 unspecified atom stereocenters. The van der Waals surface area contributed by atoms with Gasteiger partial charge in [0, 0.05) is 17.1 Å². The summed E-state index contributed by atoms with van der Waals surface area (Å²) in [7, 11) is 0. The van der Waals surface area contributed by atoms with Crippen LogP contribution in [0.25, 0.3) is 22.3 Å². The molecule has 106 valence electrons. The van der Waals surface area contributed by atoms with E-state index >= 15 is 0 Å². The highest BCUT2D eigenvalue weighted by Gasteiger charge is 2.14. The van der Waals surface area contributed by atoms with E-state index in [2.05, 4.69) is 51.4 Å². The molecule has 0 saturated heterocycles. The summed E-state index contributed by atoms with van der Waals surface area (Å²) in [6.45, 7) is 4.21. The lowest BCUT2D eigenvalue weighted by molar-refractivity contribution is 0.808. The molecule has 2 heterocycles. The first-order chi connectivity index (χ1) is 10.1. The SMILES string of the molecule is CC(C)c1nc(-c2ccc3ncccc3c2)nc(Cl)c1I. The maximum absolute atomic E-state index is 6.26. The molecule has 3 aromatic rings. The van der Waals surface area contributed by atoms with E-state index in [0.717, 1.165) is 25.7 Å². The van der Waals surface area contributed by atoms with E-state index in [9.17, 15) is 0 Å². The van der Waals surface area contributed by atoms with Gasteiger partial charge in [-0.2, -0.15) is 0 Å². The second-order valence-electron chi connectivity index (χ2n) is 5.10. The molecule has 3 nitrogen and oxygen atoms in total. The van der Waals surface area contributed by atoms with Crippen molar-refractivity contribution >= 4 is 45.1 Å². The second-order valence-corrected chi connectivity index (χ2v) is 6.54. The summed E-state index contributed by atoms with van der Waals surface area (Å²) in [4.78, 5) is 13.4. The molecule has 0 aliphatic carbocycles. The lowest BCUT2D eigenvalue weighted by Crippen LogP contribution is -2.02. The van der Waals surface area contributed by atoms with Gasteiger partial charge in [-0.05, 0) is 52.8 Å². The first-order valence-corrected chi connectivity index (χ1v) is 8.10. The predicted octanol–water partition coefficient (Wildman–Crippen LogP) is 5.07. The third kappa shape index (κ3) is 2.87. The Morgan fingerprint density at radius 3 is 2.71 bits per heavy atom. The molecule has 0 saturated carbocycles. The minimum atomic E-state index is 0.304. The summed E-state index contributed by atoms with van der Waals surface area (Å²) in [5.74, 6) is 0.966. The quantitative estimate of drug-likeness (QED) is 0.438. The zero-order chi connectivity index (χ0) is 15.0. The Balaban J connectivity index is 2.18. The van der Waals surface area contributed by atoms with E-state index in [-0.39, 0.29) is 0 Å². The van der Waals surface area contributed by atoms with E-state index < -0.39 is 0 Å². The van der Waals surface area contributed by atoms with Gasteiger partial charge in [-0.1, -0.05) is 31.5 Å². The fourth-order valence-corrected chi connectivity index (χ4v) is 3.20. The standard InChI is InChI=1S/C16H13ClIN3/c1-9(2)14-13(18)15(17)21-16(20-14)11-5-6-12-10(8-11)4-3-7-19-12/h3-9H,1-2H3. The van der Waals surface area contributed by atoms with Gasteiger partial charge < -0.3 is 0 Å². The van der Waals surface area contributed by atoms with Gasteiger partial charge in [0.05, 0.1) is 14.8 Å². The number of pyridine rings is 1. The van der Waals surface area contributed by atoms with E-state index in [0.29, 0.717) is 16.9 Å². The molecule has 2 aromatic heterocycles. The largest absolute Gasteiger partial charge is 0.256 e. The van der Waals surface area contributed by atoms with Crippen molar-refractivity contribution in [2.75, 3.05) is 0 Å². The monoisotopic (exact) mass is 409 g/mol. The summed E-state index contributed by atoms with van der Waals surface area (Å²) < 4.78 is 0.926. The average molecular weight is 410 g/mol. The number of aromatic nitrogens is 3. The van der Waals surface area contributed by atoms with Crippen LogP contribution in [0.5, 0.6) is 0 Å². The summed E-state index contributed by atoms with van der Waals surface area (Å²) in [6.07, 6.45) is 1.79. The lowest BCUT2D eigenvalue weighted by atomic mass is 10.1. The van der Waals surface area contributed by atoms with Crippen LogP contribution in [0.3, 0.4) is 0 Å². The van der Waals surface area contributed by atoms with Gasteiger partial charge in [-0.3, -0.25) is 4.98 Å². The highest BCUT2D eigenvalue weighted by molar-refractivity contribution is 14.1. The van der Waals surface area contributed by atoms with Gasteiger partial charge in [0.1, 0.15) is 5.15 Å². The lowest BCUT2D eigenvalue weighted by Gasteiger charge is -2.11. The van der Waals surface area contributed by atoms with E-state index in [4.69, 9.17) is 11.6 Å². The highest BCUT2D eigenvalue weighted by Crippen LogP contribution is 2.29. The Morgan fingerprint density at radius 2 is 1.95 bits per heavy atom. The van der Waals surface area contributed by atoms with Crippen LogP contribution in [0, 0.1) is 3.57 Å². The van der Waals surface area contributed by atoms with E-state index in [1.165, 1.54) is 0 Å². The van der Waals surface area contributed by atoms with E-state index in [1.807, 2.05) is 30.3 Å². The van der Waals surface area contributed by atoms with Crippen molar-refractivity contribution in [1.29, 1.82) is 0 Å². The molecule has 0 amide bonds. The zero-order valence-corrected chi connectivity index (χ0v) is 14.6. The predicted molar refractivity (Wildman–Crippen MR) is 94.6 cm³/mol. The molecule has 0 radical (unpaired) electrons. The van der Waals surface area contributed by atoms with Crippen molar-refractivity contribution in [2.24, 2.45) is 0 Å². The van der Waals surface area contributed by atoms with Crippen molar-refractivity contribution in [3.8, 4) is 11.4 Å². The molecule has 0 aliphatic rings. The molecule has 21 heavy (non-hydrogen) atoms. The smallest absolute Gasteiger partial charge is 0.161 e. The number of benzene rings is 1. The van der Waals surface area contributed by atoms with Crippen molar-refractivity contribution in [2.45, 2.75) is 19.8 Å². The molecule has 3 rings (SSSR count). The molecular formula is C16H13ClIN3. The molecule has 0 aliphatic heterocycles. The van der Waals surface area contributed by atoms with Crippen molar-refractivity contribution in [3.05, 3.63) is 50.9 Å². The third-order valence-electron chi connectivity index (χ3n) is 3.24. The minimum absolute atomic E-state index is 0.304. The number of fused-ring (bicyclic) bond motifs is 1. The van der Waals surface area contributed by atoms with Crippen LogP contribution in [0.2, 0.25) is 5.15 Å². The summed E-state index contributed by atoms with van der Waals surface area (Å²) in [5.41, 5.74) is 2.90. The van der Waals surface area contributed by atoms with Crippen LogP contribution in [-0.2, 0) is 0 Å². The molecule has 0 bridgehead atoms.